The molecule has 0 saturated heterocycles. The van der Waals surface area contributed by atoms with Crippen LogP contribution in [0.4, 0.5) is 5.69 Å². The van der Waals surface area contributed by atoms with Crippen molar-refractivity contribution in [2.75, 3.05) is 10.9 Å². The Morgan fingerprint density at radius 2 is 1.55 bits per heavy atom. The second-order valence-electron chi connectivity index (χ2n) is 6.58. The third kappa shape index (κ3) is 5.23. The Balaban J connectivity index is 1.73. The summed E-state index contributed by atoms with van der Waals surface area (Å²) in [5, 5.41) is 0. The molecule has 0 bridgehead atoms. The molecule has 6 heteroatoms. The summed E-state index contributed by atoms with van der Waals surface area (Å²) in [5.41, 5.74) is 1.41. The topological polar surface area (TPSA) is 63.7 Å². The molecule has 0 radical (unpaired) electrons. The third-order valence-electron chi connectivity index (χ3n) is 4.29. The number of carbonyl (C=O) groups is 1. The lowest BCUT2D eigenvalue weighted by atomic mass is 10.2. The summed E-state index contributed by atoms with van der Waals surface area (Å²) in [5.74, 6) is 0.238. The predicted molar refractivity (Wildman–Crippen MR) is 113 cm³/mol. The number of ether oxygens (including phenoxy) is 1. The Hall–Kier alpha value is -3.12. The zero-order chi connectivity index (χ0) is 20.7. The number of benzene rings is 3. The predicted octanol–water partition coefficient (Wildman–Crippen LogP) is 4.58. The molecule has 0 atom stereocenters. The first-order valence-electron chi connectivity index (χ1n) is 9.36. The minimum absolute atomic E-state index is 0.0484. The lowest BCUT2D eigenvalue weighted by molar-refractivity contribution is -0.117. The molecule has 29 heavy (non-hydrogen) atoms. The summed E-state index contributed by atoms with van der Waals surface area (Å²) in [6.07, 6.45) is 0.452. The number of carbonyl (C=O) groups excluding carboxylic acids is 1. The van der Waals surface area contributed by atoms with Gasteiger partial charge in [0, 0.05) is 6.42 Å². The molecule has 150 valence electrons. The SMILES string of the molecule is Cc1cccc(OCCCC(=O)N(c2ccccc2)S(=O)(=O)c2ccccc2)c1. The van der Waals surface area contributed by atoms with Crippen molar-refractivity contribution in [3.8, 4) is 5.75 Å². The van der Waals surface area contributed by atoms with Gasteiger partial charge in [-0.3, -0.25) is 4.79 Å². The van der Waals surface area contributed by atoms with Crippen molar-refractivity contribution in [1.29, 1.82) is 0 Å². The minimum Gasteiger partial charge on any atom is -0.494 e. The Kier molecular flexibility index (Phi) is 6.67. The van der Waals surface area contributed by atoms with Gasteiger partial charge in [0.05, 0.1) is 17.2 Å². The molecule has 3 aromatic carbocycles. The monoisotopic (exact) mass is 409 g/mol. The fourth-order valence-electron chi connectivity index (χ4n) is 2.90. The molecule has 0 aromatic heterocycles. The largest absolute Gasteiger partial charge is 0.494 e. The average Bonchev–Trinajstić information content (AvgIpc) is 2.73. The highest BCUT2D eigenvalue weighted by atomic mass is 32.2. The fraction of sp³-hybridized carbons (Fsp3) is 0.174. The van der Waals surface area contributed by atoms with Gasteiger partial charge in [-0.05, 0) is 55.3 Å². The Bertz CT molecular complexity index is 1050. The van der Waals surface area contributed by atoms with Crippen LogP contribution in [0.3, 0.4) is 0 Å². The molecule has 0 aliphatic heterocycles. The number of sulfonamides is 1. The molecule has 1 amide bonds. The number of anilines is 1. The molecule has 0 aliphatic rings. The van der Waals surface area contributed by atoms with Crippen LogP contribution in [0.15, 0.2) is 89.8 Å². The maximum atomic E-state index is 13.1. The van der Waals surface area contributed by atoms with Crippen LogP contribution < -0.4 is 9.04 Å². The zero-order valence-corrected chi connectivity index (χ0v) is 17.0. The van der Waals surface area contributed by atoms with Crippen molar-refractivity contribution in [3.05, 3.63) is 90.5 Å². The lowest BCUT2D eigenvalue weighted by Crippen LogP contribution is -2.37. The molecule has 0 aliphatic carbocycles. The van der Waals surface area contributed by atoms with E-state index in [0.29, 0.717) is 18.7 Å². The van der Waals surface area contributed by atoms with Gasteiger partial charge in [0.15, 0.2) is 0 Å². The van der Waals surface area contributed by atoms with Gasteiger partial charge in [-0.25, -0.2) is 12.7 Å². The summed E-state index contributed by atoms with van der Waals surface area (Å²) in [4.78, 5) is 13.0. The lowest BCUT2D eigenvalue weighted by Gasteiger charge is -2.22. The summed E-state index contributed by atoms with van der Waals surface area (Å²) in [6, 6.07) is 24.0. The van der Waals surface area contributed by atoms with E-state index < -0.39 is 15.9 Å². The number of nitrogens with zero attached hydrogens (tertiary/aromatic N) is 1. The molecular formula is C23H23NO4S. The van der Waals surface area contributed by atoms with E-state index in [1.165, 1.54) is 12.1 Å². The number of amides is 1. The molecular weight excluding hydrogens is 386 g/mol. The van der Waals surface area contributed by atoms with Crippen LogP contribution in [0.1, 0.15) is 18.4 Å². The third-order valence-corrected chi connectivity index (χ3v) is 6.05. The van der Waals surface area contributed by atoms with E-state index in [2.05, 4.69) is 0 Å². The van der Waals surface area contributed by atoms with E-state index in [1.54, 1.807) is 48.5 Å². The highest BCUT2D eigenvalue weighted by molar-refractivity contribution is 7.93. The first-order chi connectivity index (χ1) is 14.0. The molecule has 0 N–H and O–H groups in total. The quantitative estimate of drug-likeness (QED) is 0.511. The van der Waals surface area contributed by atoms with Gasteiger partial charge in [0.2, 0.25) is 5.91 Å². The maximum Gasteiger partial charge on any atom is 0.270 e. The molecule has 0 heterocycles. The Morgan fingerprint density at radius 1 is 0.897 bits per heavy atom. The number of aryl methyl sites for hydroxylation is 1. The first kappa shape index (κ1) is 20.6. The summed E-state index contributed by atoms with van der Waals surface area (Å²) in [6.45, 7) is 2.30. The van der Waals surface area contributed by atoms with Crippen LogP contribution in [0.5, 0.6) is 5.75 Å². The van der Waals surface area contributed by atoms with Gasteiger partial charge in [-0.2, -0.15) is 0 Å². The standard InChI is InChI=1S/C23H23NO4S/c1-19-10-8-13-21(18-19)28-17-9-16-23(25)24(20-11-4-2-5-12-20)29(26,27)22-14-6-3-7-15-22/h2-8,10-15,18H,9,16-17H2,1H3. The van der Waals surface area contributed by atoms with E-state index in [4.69, 9.17) is 4.74 Å². The van der Waals surface area contributed by atoms with E-state index in [-0.39, 0.29) is 11.3 Å². The van der Waals surface area contributed by atoms with Crippen LogP contribution in [0.25, 0.3) is 0 Å². The number of para-hydroxylation sites is 1. The molecule has 0 unspecified atom stereocenters. The molecule has 0 fully saturated rings. The number of hydrogen-bond donors (Lipinski definition) is 0. The van der Waals surface area contributed by atoms with Crippen LogP contribution >= 0.6 is 0 Å². The van der Waals surface area contributed by atoms with Gasteiger partial charge in [-0.1, -0.05) is 48.5 Å². The molecule has 5 nitrogen and oxygen atoms in total. The van der Waals surface area contributed by atoms with Gasteiger partial charge >= 0.3 is 0 Å². The van der Waals surface area contributed by atoms with E-state index in [9.17, 15) is 13.2 Å². The fourth-order valence-corrected chi connectivity index (χ4v) is 4.37. The van der Waals surface area contributed by atoms with Gasteiger partial charge in [0.25, 0.3) is 10.0 Å². The van der Waals surface area contributed by atoms with E-state index in [0.717, 1.165) is 15.6 Å². The molecule has 0 saturated carbocycles. The van der Waals surface area contributed by atoms with Crippen molar-refractivity contribution in [2.24, 2.45) is 0 Å². The van der Waals surface area contributed by atoms with Gasteiger partial charge in [-0.15, -0.1) is 0 Å². The van der Waals surface area contributed by atoms with Gasteiger partial charge in [0.1, 0.15) is 5.75 Å². The molecule has 0 spiro atoms. The van der Waals surface area contributed by atoms with E-state index >= 15 is 0 Å². The highest BCUT2D eigenvalue weighted by Crippen LogP contribution is 2.25. The van der Waals surface area contributed by atoms with E-state index in [1.807, 2.05) is 31.2 Å². The summed E-state index contributed by atoms with van der Waals surface area (Å²) < 4.78 is 32.8. The van der Waals surface area contributed by atoms with Crippen LogP contribution in [0.2, 0.25) is 0 Å². The van der Waals surface area contributed by atoms with Crippen molar-refractivity contribution in [3.63, 3.8) is 0 Å². The summed E-state index contributed by atoms with van der Waals surface area (Å²) >= 11 is 0. The van der Waals surface area contributed by atoms with Crippen molar-refractivity contribution in [1.82, 2.24) is 0 Å². The summed E-state index contributed by atoms with van der Waals surface area (Å²) in [7, 11) is -4.01. The molecule has 3 aromatic rings. The smallest absolute Gasteiger partial charge is 0.270 e. The van der Waals surface area contributed by atoms with Crippen LogP contribution in [-0.2, 0) is 14.8 Å². The van der Waals surface area contributed by atoms with Gasteiger partial charge < -0.3 is 4.74 Å². The Labute approximate surface area is 171 Å². The van der Waals surface area contributed by atoms with Crippen molar-refractivity contribution >= 4 is 21.6 Å². The van der Waals surface area contributed by atoms with Crippen LogP contribution in [0, 0.1) is 6.92 Å². The average molecular weight is 410 g/mol. The number of hydrogen-bond acceptors (Lipinski definition) is 4. The molecule has 3 rings (SSSR count). The van der Waals surface area contributed by atoms with Crippen molar-refractivity contribution < 1.29 is 17.9 Å². The van der Waals surface area contributed by atoms with Crippen molar-refractivity contribution in [2.45, 2.75) is 24.7 Å². The van der Waals surface area contributed by atoms with Crippen LogP contribution in [-0.4, -0.2) is 20.9 Å². The number of rotatable bonds is 8. The Morgan fingerprint density at radius 3 is 2.21 bits per heavy atom. The minimum atomic E-state index is -4.01. The normalized spacial score (nSPS) is 11.1. The second kappa shape index (κ2) is 9.39. The highest BCUT2D eigenvalue weighted by Gasteiger charge is 2.30. The second-order valence-corrected chi connectivity index (χ2v) is 8.37. The zero-order valence-electron chi connectivity index (χ0n) is 16.2. The first-order valence-corrected chi connectivity index (χ1v) is 10.8. The maximum absolute atomic E-state index is 13.1.